The van der Waals surface area contributed by atoms with Gasteiger partial charge in [-0.3, -0.25) is 14.1 Å². The minimum atomic E-state index is -4.54. The van der Waals surface area contributed by atoms with Crippen molar-refractivity contribution in [2.75, 3.05) is 0 Å². The molecule has 0 saturated heterocycles. The van der Waals surface area contributed by atoms with Crippen LogP contribution in [0.1, 0.15) is 69.5 Å². The number of hydrogen-bond acceptors (Lipinski definition) is 5. The molecule has 162 valence electrons. The van der Waals surface area contributed by atoms with Crippen LogP contribution in [0.25, 0.3) is 11.0 Å². The average molecular weight is 442 g/mol. The van der Waals surface area contributed by atoms with Crippen LogP contribution in [-0.4, -0.2) is 34.6 Å². The number of benzene rings is 1. The Labute approximate surface area is 179 Å². The molecule has 0 bridgehead atoms. The van der Waals surface area contributed by atoms with Crippen LogP contribution >= 0.6 is 0 Å². The molecule has 8 nitrogen and oxygen atoms in total. The number of H-pyrrole nitrogens is 1. The number of carbonyl (C=O) groups is 2. The summed E-state index contributed by atoms with van der Waals surface area (Å²) >= 11 is 0. The van der Waals surface area contributed by atoms with Crippen molar-refractivity contribution in [2.24, 2.45) is 5.73 Å². The molecule has 9 heteroatoms. The Hall–Kier alpha value is -3.04. The zero-order valence-electron chi connectivity index (χ0n) is 17.0. The molecular formula is C22H23N3O5S. The summed E-state index contributed by atoms with van der Waals surface area (Å²) in [4.78, 5) is 32.7. The van der Waals surface area contributed by atoms with Gasteiger partial charge < -0.3 is 10.7 Å². The van der Waals surface area contributed by atoms with Gasteiger partial charge in [-0.15, -0.1) is 0 Å². The summed E-state index contributed by atoms with van der Waals surface area (Å²) in [5.41, 5.74) is 7.42. The number of fused-ring (bicyclic) bond motifs is 1. The molecule has 0 aliphatic heterocycles. The van der Waals surface area contributed by atoms with E-state index in [1.54, 1.807) is 6.20 Å². The molecule has 4 rings (SSSR count). The first-order valence-corrected chi connectivity index (χ1v) is 11.5. The summed E-state index contributed by atoms with van der Waals surface area (Å²) in [6.07, 6.45) is 5.60. The van der Waals surface area contributed by atoms with Gasteiger partial charge in [-0.2, -0.15) is 8.42 Å². The van der Waals surface area contributed by atoms with Crippen molar-refractivity contribution >= 4 is 32.8 Å². The van der Waals surface area contributed by atoms with E-state index < -0.39 is 26.6 Å². The third kappa shape index (κ3) is 3.53. The second-order valence-electron chi connectivity index (χ2n) is 8.09. The van der Waals surface area contributed by atoms with Gasteiger partial charge in [-0.05, 0) is 49.1 Å². The second kappa shape index (κ2) is 7.58. The van der Waals surface area contributed by atoms with Crippen molar-refractivity contribution in [2.45, 2.75) is 43.8 Å². The maximum absolute atomic E-state index is 13.7. The van der Waals surface area contributed by atoms with E-state index in [0.29, 0.717) is 29.4 Å². The van der Waals surface area contributed by atoms with Crippen LogP contribution in [0.3, 0.4) is 0 Å². The lowest BCUT2D eigenvalue weighted by Crippen LogP contribution is -2.39. The molecule has 0 radical (unpaired) electrons. The Morgan fingerprint density at radius 3 is 2.48 bits per heavy atom. The van der Waals surface area contributed by atoms with Gasteiger partial charge in [0.25, 0.3) is 10.1 Å². The van der Waals surface area contributed by atoms with E-state index in [4.69, 9.17) is 5.73 Å². The quantitative estimate of drug-likeness (QED) is 0.410. The van der Waals surface area contributed by atoms with Crippen molar-refractivity contribution in [3.63, 3.8) is 0 Å². The number of nitrogens with one attached hydrogen (secondary N) is 1. The number of nitrogens with two attached hydrogens (primary N) is 1. The molecule has 1 amide bonds. The van der Waals surface area contributed by atoms with Crippen LogP contribution in [0.15, 0.2) is 36.7 Å². The Morgan fingerprint density at radius 2 is 1.84 bits per heavy atom. The maximum atomic E-state index is 13.7. The molecule has 1 aromatic carbocycles. The normalized spacial score (nSPS) is 16.3. The molecule has 31 heavy (non-hydrogen) atoms. The number of rotatable bonds is 5. The first-order valence-electron chi connectivity index (χ1n) is 10.0. The SMILES string of the molecule is Cc1cnc2[nH]cc(C(=O)c3cc(C(N)=O)ccc3C3(S(=O)(=O)O)CCCCC3)c2c1. The number of nitrogens with zero attached hydrogens (tertiary/aromatic N) is 1. The van der Waals surface area contributed by atoms with E-state index >= 15 is 0 Å². The summed E-state index contributed by atoms with van der Waals surface area (Å²) in [6, 6.07) is 5.97. The van der Waals surface area contributed by atoms with Crippen molar-refractivity contribution in [1.82, 2.24) is 9.97 Å². The Balaban J connectivity index is 1.97. The number of pyridine rings is 1. The van der Waals surface area contributed by atoms with Gasteiger partial charge in [0.2, 0.25) is 5.91 Å². The number of aromatic nitrogens is 2. The van der Waals surface area contributed by atoms with E-state index in [1.807, 2.05) is 13.0 Å². The predicted octanol–water partition coefficient (Wildman–Crippen LogP) is 3.25. The lowest BCUT2D eigenvalue weighted by atomic mass is 9.79. The fourth-order valence-corrected chi connectivity index (χ4v) is 5.77. The number of aromatic amines is 1. The molecule has 0 spiro atoms. The van der Waals surface area contributed by atoms with E-state index in [2.05, 4.69) is 9.97 Å². The number of primary amides is 1. The van der Waals surface area contributed by atoms with Crippen LogP contribution in [-0.2, 0) is 14.9 Å². The monoisotopic (exact) mass is 441 g/mol. The Morgan fingerprint density at radius 1 is 1.13 bits per heavy atom. The fourth-order valence-electron chi connectivity index (χ4n) is 4.51. The third-order valence-corrected chi connectivity index (χ3v) is 7.72. The van der Waals surface area contributed by atoms with E-state index in [-0.39, 0.29) is 29.5 Å². The van der Waals surface area contributed by atoms with Gasteiger partial charge in [0.15, 0.2) is 5.78 Å². The Kier molecular flexibility index (Phi) is 5.18. The summed E-state index contributed by atoms with van der Waals surface area (Å²) < 4.78 is 33.8. The third-order valence-electron chi connectivity index (χ3n) is 6.11. The van der Waals surface area contributed by atoms with E-state index in [1.165, 1.54) is 24.4 Å². The molecule has 1 aliphatic rings. The number of amides is 1. The highest BCUT2D eigenvalue weighted by molar-refractivity contribution is 7.86. The first kappa shape index (κ1) is 21.2. The first-order chi connectivity index (χ1) is 14.6. The molecule has 2 heterocycles. The summed E-state index contributed by atoms with van der Waals surface area (Å²) in [7, 11) is -4.54. The highest BCUT2D eigenvalue weighted by Crippen LogP contribution is 2.45. The second-order valence-corrected chi connectivity index (χ2v) is 9.83. The van der Waals surface area contributed by atoms with Crippen molar-refractivity contribution in [3.05, 3.63) is 64.5 Å². The predicted molar refractivity (Wildman–Crippen MR) is 116 cm³/mol. The summed E-state index contributed by atoms with van der Waals surface area (Å²) in [6.45, 7) is 1.85. The highest BCUT2D eigenvalue weighted by Gasteiger charge is 2.47. The van der Waals surface area contributed by atoms with Gasteiger partial charge in [-0.1, -0.05) is 25.3 Å². The molecule has 3 aromatic rings. The lowest BCUT2D eigenvalue weighted by molar-refractivity contribution is 0.1000. The van der Waals surface area contributed by atoms with Gasteiger partial charge in [0, 0.05) is 34.5 Å². The molecule has 1 fully saturated rings. The van der Waals surface area contributed by atoms with Crippen molar-refractivity contribution in [1.29, 1.82) is 0 Å². The number of ketones is 1. The van der Waals surface area contributed by atoms with Crippen molar-refractivity contribution < 1.29 is 22.6 Å². The molecule has 0 atom stereocenters. The highest BCUT2D eigenvalue weighted by atomic mass is 32.2. The van der Waals surface area contributed by atoms with Crippen LogP contribution in [0.4, 0.5) is 0 Å². The molecule has 1 saturated carbocycles. The number of hydrogen-bond donors (Lipinski definition) is 3. The van der Waals surface area contributed by atoms with Gasteiger partial charge >= 0.3 is 0 Å². The van der Waals surface area contributed by atoms with E-state index in [9.17, 15) is 22.6 Å². The number of aryl methyl sites for hydroxylation is 1. The summed E-state index contributed by atoms with van der Waals surface area (Å²) in [5.74, 6) is -1.20. The Bertz CT molecular complexity index is 1300. The topological polar surface area (TPSA) is 143 Å². The molecule has 1 aliphatic carbocycles. The largest absolute Gasteiger partial charge is 0.366 e. The minimum Gasteiger partial charge on any atom is -0.366 e. The zero-order chi connectivity index (χ0) is 22.4. The summed E-state index contributed by atoms with van der Waals surface area (Å²) in [5, 5.41) is 0.588. The van der Waals surface area contributed by atoms with Crippen LogP contribution in [0.5, 0.6) is 0 Å². The number of carbonyl (C=O) groups excluding carboxylic acids is 2. The minimum absolute atomic E-state index is 0.0400. The fraction of sp³-hybridized carbons (Fsp3) is 0.318. The van der Waals surface area contributed by atoms with Gasteiger partial charge in [0.05, 0.1) is 0 Å². The van der Waals surface area contributed by atoms with Crippen LogP contribution < -0.4 is 5.73 Å². The van der Waals surface area contributed by atoms with E-state index in [0.717, 1.165) is 12.0 Å². The van der Waals surface area contributed by atoms with Crippen LogP contribution in [0, 0.1) is 6.92 Å². The molecule has 0 unspecified atom stereocenters. The molecule has 2 aromatic heterocycles. The van der Waals surface area contributed by atoms with Gasteiger partial charge in [0.1, 0.15) is 10.4 Å². The van der Waals surface area contributed by atoms with Crippen LogP contribution in [0.2, 0.25) is 0 Å². The molecular weight excluding hydrogens is 418 g/mol. The van der Waals surface area contributed by atoms with Gasteiger partial charge in [-0.25, -0.2) is 4.98 Å². The maximum Gasteiger partial charge on any atom is 0.274 e. The lowest BCUT2D eigenvalue weighted by Gasteiger charge is -2.36. The average Bonchev–Trinajstić information content (AvgIpc) is 3.15. The standard InChI is InChI=1S/C22H23N3O5S/c1-13-9-15-17(12-25-21(15)24-11-13)19(26)16-10-14(20(23)27)5-6-18(16)22(31(28,29)30)7-3-2-4-8-22/h5-6,9-12H,2-4,7-8H2,1H3,(H2,23,27)(H,24,25)(H,28,29,30). The zero-order valence-corrected chi connectivity index (χ0v) is 17.8. The smallest absolute Gasteiger partial charge is 0.274 e. The molecule has 4 N–H and O–H groups in total. The van der Waals surface area contributed by atoms with Crippen molar-refractivity contribution in [3.8, 4) is 0 Å².